The molecule has 11 heteroatoms. The molecule has 3 heterocycles. The van der Waals surface area contributed by atoms with Crippen LogP contribution in [-0.2, 0) is 31.1 Å². The first-order valence-corrected chi connectivity index (χ1v) is 12.3. The van der Waals surface area contributed by atoms with Gasteiger partial charge in [-0.25, -0.2) is 0 Å². The van der Waals surface area contributed by atoms with E-state index in [2.05, 4.69) is 5.32 Å². The Morgan fingerprint density at radius 1 is 1.14 bits per heavy atom. The van der Waals surface area contributed by atoms with E-state index in [9.17, 15) is 19.2 Å². The van der Waals surface area contributed by atoms with Gasteiger partial charge < -0.3 is 25.8 Å². The lowest BCUT2D eigenvalue weighted by Crippen LogP contribution is -2.99. The van der Waals surface area contributed by atoms with E-state index in [1.54, 1.807) is 43.6 Å². The van der Waals surface area contributed by atoms with Crippen LogP contribution >= 0.6 is 11.6 Å². The van der Waals surface area contributed by atoms with Gasteiger partial charge in [-0.15, -0.1) is 0 Å². The molecule has 5 rings (SSSR count). The number of hydrogen-bond donors (Lipinski definition) is 3. The van der Waals surface area contributed by atoms with Gasteiger partial charge >= 0.3 is 0 Å². The molecule has 0 aromatic heterocycles. The first kappa shape index (κ1) is 25.0. The molecule has 0 unspecified atom stereocenters. The molecule has 2 aromatic rings. The van der Waals surface area contributed by atoms with Gasteiger partial charge in [0.25, 0.3) is 5.91 Å². The maximum Gasteiger partial charge on any atom is 0.291 e. The molecule has 0 bridgehead atoms. The number of nitrogens with two attached hydrogens (primary N) is 2. The number of carbonyl (C=O) groups excluding carboxylic acids is 4. The number of primary amides is 1. The van der Waals surface area contributed by atoms with E-state index in [1.165, 1.54) is 12.0 Å². The fourth-order valence-electron chi connectivity index (χ4n) is 6.13. The summed E-state index contributed by atoms with van der Waals surface area (Å²) in [7, 11) is 3.07. The molecular formula is C26H28ClN4O6+. The lowest BCUT2D eigenvalue weighted by Gasteiger charge is -2.26. The minimum Gasteiger partial charge on any atom is -0.493 e. The minimum atomic E-state index is -1.39. The van der Waals surface area contributed by atoms with Crippen LogP contribution in [0.2, 0.25) is 5.02 Å². The molecule has 37 heavy (non-hydrogen) atoms. The summed E-state index contributed by atoms with van der Waals surface area (Å²) in [4.78, 5) is 54.2. The zero-order valence-electron chi connectivity index (χ0n) is 20.7. The van der Waals surface area contributed by atoms with Gasteiger partial charge in [-0.3, -0.25) is 24.1 Å². The highest BCUT2D eigenvalue weighted by Gasteiger charge is 2.74. The Morgan fingerprint density at radius 2 is 1.86 bits per heavy atom. The third-order valence-electron chi connectivity index (χ3n) is 7.84. The van der Waals surface area contributed by atoms with E-state index in [4.69, 9.17) is 26.8 Å². The number of nitrogens with zero attached hydrogens (tertiary/aromatic N) is 1. The summed E-state index contributed by atoms with van der Waals surface area (Å²) in [5.74, 6) is -2.57. The molecule has 1 spiro atoms. The summed E-state index contributed by atoms with van der Waals surface area (Å²) in [6, 6.07) is 8.13. The number of anilines is 1. The zero-order chi connectivity index (χ0) is 26.6. The SMILES string of the molecule is COc1ccc(CCN2C(=O)[C@H]3[C@@H](C2=O)[C@@]2([NH2+][C@@H]3CC(N)=O)C(=O)Nc3c2ccc(Cl)c3C)cc1OC. The third kappa shape index (κ3) is 3.66. The van der Waals surface area contributed by atoms with Gasteiger partial charge in [0.2, 0.25) is 23.3 Å². The van der Waals surface area contributed by atoms with Crippen molar-refractivity contribution < 1.29 is 34.0 Å². The second kappa shape index (κ2) is 9.04. The number of ether oxygens (including phenoxy) is 2. The Bertz CT molecular complexity index is 1350. The highest BCUT2D eigenvalue weighted by Crippen LogP contribution is 2.50. The molecular weight excluding hydrogens is 500 g/mol. The molecule has 3 aliphatic heterocycles. The standard InChI is InChI=1S/C26H27ClN4O6/c1-12-15(27)6-5-14-22(12)29-25(35)26(14)21-20(16(30-26)11-19(28)32)23(33)31(24(21)34)9-8-13-4-7-17(36-2)18(10-13)37-3/h4-7,10,16,20-21,30H,8-9,11H2,1-3H3,(H2,28,32)(H,29,35)/p+1/t16-,20-,21+,26-/m1/s1. The first-order valence-electron chi connectivity index (χ1n) is 12.0. The van der Waals surface area contributed by atoms with Gasteiger partial charge in [0, 0.05) is 17.1 Å². The van der Waals surface area contributed by atoms with Crippen LogP contribution in [-0.4, -0.2) is 55.3 Å². The van der Waals surface area contributed by atoms with Crippen molar-refractivity contribution in [1.82, 2.24) is 4.90 Å². The van der Waals surface area contributed by atoms with Gasteiger partial charge in [-0.2, -0.15) is 0 Å². The molecule has 0 aliphatic carbocycles. The van der Waals surface area contributed by atoms with Crippen LogP contribution in [0, 0.1) is 18.8 Å². The molecule has 10 nitrogen and oxygen atoms in total. The monoisotopic (exact) mass is 527 g/mol. The summed E-state index contributed by atoms with van der Waals surface area (Å²) in [5, 5.41) is 5.04. The molecule has 194 valence electrons. The number of fused-ring (bicyclic) bond motifs is 4. The molecule has 0 saturated carbocycles. The summed E-state index contributed by atoms with van der Waals surface area (Å²) in [6.07, 6.45) is 0.243. The number of rotatable bonds is 7. The second-order valence-corrected chi connectivity index (χ2v) is 10.1. The molecule has 3 aliphatic rings. The first-order chi connectivity index (χ1) is 17.6. The van der Waals surface area contributed by atoms with Crippen molar-refractivity contribution in [2.24, 2.45) is 17.6 Å². The predicted molar refractivity (Wildman–Crippen MR) is 133 cm³/mol. The van der Waals surface area contributed by atoms with E-state index in [0.717, 1.165) is 5.56 Å². The van der Waals surface area contributed by atoms with Crippen LogP contribution in [0.5, 0.6) is 11.5 Å². The van der Waals surface area contributed by atoms with E-state index in [-0.39, 0.29) is 13.0 Å². The van der Waals surface area contributed by atoms with Crippen molar-refractivity contribution in [3.63, 3.8) is 0 Å². The van der Waals surface area contributed by atoms with Gasteiger partial charge in [0.1, 0.15) is 17.9 Å². The van der Waals surface area contributed by atoms with Crippen LogP contribution in [0.3, 0.4) is 0 Å². The molecule has 5 N–H and O–H groups in total. The van der Waals surface area contributed by atoms with Crippen molar-refractivity contribution in [2.45, 2.75) is 31.3 Å². The number of amides is 4. The number of imide groups is 1. The van der Waals surface area contributed by atoms with E-state index in [1.807, 2.05) is 6.07 Å². The largest absolute Gasteiger partial charge is 0.493 e. The summed E-state index contributed by atoms with van der Waals surface area (Å²) < 4.78 is 10.6. The number of halogens is 1. The average Bonchev–Trinajstić information content (AvgIpc) is 3.44. The lowest BCUT2D eigenvalue weighted by molar-refractivity contribution is -0.732. The second-order valence-electron chi connectivity index (χ2n) is 9.69. The number of methoxy groups -OCH3 is 2. The number of nitrogens with one attached hydrogen (secondary N) is 1. The van der Waals surface area contributed by atoms with Gasteiger partial charge in [-0.1, -0.05) is 17.7 Å². The third-order valence-corrected chi connectivity index (χ3v) is 8.25. The molecule has 2 aromatic carbocycles. The minimum absolute atomic E-state index is 0.119. The van der Waals surface area contributed by atoms with Crippen LogP contribution in [0.15, 0.2) is 30.3 Å². The maximum atomic E-state index is 13.9. The lowest BCUT2D eigenvalue weighted by atomic mass is 9.76. The molecule has 2 saturated heterocycles. The van der Waals surface area contributed by atoms with Crippen molar-refractivity contribution in [3.8, 4) is 11.5 Å². The number of benzene rings is 2. The molecule has 4 amide bonds. The number of likely N-dealkylation sites (tertiary alicyclic amines) is 1. The molecule has 0 radical (unpaired) electrons. The van der Waals surface area contributed by atoms with Gasteiger partial charge in [0.15, 0.2) is 11.5 Å². The van der Waals surface area contributed by atoms with Gasteiger partial charge in [-0.05, 0) is 48.7 Å². The number of carbonyl (C=O) groups is 4. The number of hydrogen-bond acceptors (Lipinski definition) is 6. The summed E-state index contributed by atoms with van der Waals surface area (Å²) >= 11 is 6.29. The Hall–Kier alpha value is -3.63. The van der Waals surface area contributed by atoms with Crippen molar-refractivity contribution in [1.29, 1.82) is 0 Å². The molecule has 2 fully saturated rings. The Morgan fingerprint density at radius 3 is 2.54 bits per heavy atom. The van der Waals surface area contributed by atoms with Crippen molar-refractivity contribution in [3.05, 3.63) is 52.0 Å². The Balaban J connectivity index is 1.51. The Kier molecular flexibility index (Phi) is 6.12. The molecule has 4 atom stereocenters. The maximum absolute atomic E-state index is 13.9. The quantitative estimate of drug-likeness (QED) is 0.447. The van der Waals surface area contributed by atoms with E-state index in [0.29, 0.717) is 39.8 Å². The predicted octanol–water partition coefficient (Wildman–Crippen LogP) is 0.478. The average molecular weight is 528 g/mol. The van der Waals surface area contributed by atoms with Crippen LogP contribution in [0.25, 0.3) is 0 Å². The smallest absolute Gasteiger partial charge is 0.291 e. The fourth-order valence-corrected chi connectivity index (χ4v) is 6.28. The topological polar surface area (TPSA) is 145 Å². The van der Waals surface area contributed by atoms with E-state index < -0.39 is 47.0 Å². The van der Waals surface area contributed by atoms with Gasteiger partial charge in [0.05, 0.1) is 26.3 Å². The number of quaternary nitrogens is 1. The fraction of sp³-hybridized carbons (Fsp3) is 0.385. The highest BCUT2D eigenvalue weighted by molar-refractivity contribution is 6.32. The van der Waals surface area contributed by atoms with Crippen molar-refractivity contribution in [2.75, 3.05) is 26.1 Å². The summed E-state index contributed by atoms with van der Waals surface area (Å²) in [5.41, 5.74) is 6.77. The van der Waals surface area contributed by atoms with Crippen LogP contribution < -0.4 is 25.8 Å². The highest BCUT2D eigenvalue weighted by atomic mass is 35.5. The Labute approximate surface area is 218 Å². The van der Waals surface area contributed by atoms with Crippen LogP contribution in [0.4, 0.5) is 5.69 Å². The van der Waals surface area contributed by atoms with E-state index >= 15 is 0 Å². The van der Waals surface area contributed by atoms with Crippen LogP contribution in [0.1, 0.15) is 23.1 Å². The van der Waals surface area contributed by atoms with Crippen molar-refractivity contribution >= 4 is 40.9 Å². The zero-order valence-corrected chi connectivity index (χ0v) is 21.4. The summed E-state index contributed by atoms with van der Waals surface area (Å²) in [6.45, 7) is 1.90. The normalized spacial score (nSPS) is 25.9.